The Hall–Kier alpha value is -3.39. The lowest BCUT2D eigenvalue weighted by atomic mass is 10.1. The van der Waals surface area contributed by atoms with E-state index in [-0.39, 0.29) is 17.4 Å². The molecule has 8 nitrogen and oxygen atoms in total. The lowest BCUT2D eigenvalue weighted by Crippen LogP contribution is -2.29. The molecule has 0 fully saturated rings. The third kappa shape index (κ3) is 4.96. The van der Waals surface area contributed by atoms with Crippen molar-refractivity contribution in [1.29, 1.82) is 0 Å². The highest BCUT2D eigenvalue weighted by molar-refractivity contribution is 5.95. The third-order valence-electron chi connectivity index (χ3n) is 4.29. The lowest BCUT2D eigenvalue weighted by molar-refractivity contribution is -0.114. The summed E-state index contributed by atoms with van der Waals surface area (Å²) < 4.78 is 1.93. The molecule has 0 unspecified atom stereocenters. The number of hydrogen-bond donors (Lipinski definition) is 4. The number of amides is 2. The number of rotatable bonds is 6. The molecule has 3 aromatic rings. The smallest absolute Gasteiger partial charge is 0.251 e. The molecule has 2 amide bonds. The molecule has 0 spiro atoms. The van der Waals surface area contributed by atoms with Gasteiger partial charge >= 0.3 is 0 Å². The Morgan fingerprint density at radius 3 is 2.43 bits per heavy atom. The molecule has 0 bridgehead atoms. The van der Waals surface area contributed by atoms with Crippen LogP contribution in [0.15, 0.2) is 42.6 Å². The fraction of sp³-hybridized carbons (Fsp3) is 0.318. The predicted octanol–water partition coefficient (Wildman–Crippen LogP) is 2.86. The minimum atomic E-state index is -0.196. The van der Waals surface area contributed by atoms with Crippen LogP contribution in [0.4, 0.5) is 11.5 Å². The summed E-state index contributed by atoms with van der Waals surface area (Å²) in [7, 11) is 0. The van der Waals surface area contributed by atoms with Crippen LogP contribution in [0.2, 0.25) is 0 Å². The van der Waals surface area contributed by atoms with Crippen LogP contribution in [0.5, 0.6) is 0 Å². The molecule has 0 saturated heterocycles. The number of imidazole rings is 1. The van der Waals surface area contributed by atoms with Crippen LogP contribution in [-0.2, 0) is 4.79 Å². The van der Waals surface area contributed by atoms with Crippen molar-refractivity contribution in [2.45, 2.75) is 33.2 Å². The summed E-state index contributed by atoms with van der Waals surface area (Å²) in [6.45, 7) is 8.50. The quantitative estimate of drug-likeness (QED) is 0.501. The largest absolute Gasteiger partial charge is 0.365 e. The zero-order valence-corrected chi connectivity index (χ0v) is 17.7. The second kappa shape index (κ2) is 8.54. The molecule has 0 radical (unpaired) electrons. The molecule has 3 rings (SSSR count). The zero-order chi connectivity index (χ0) is 21.9. The number of hydrogen-bond acceptors (Lipinski definition) is 5. The van der Waals surface area contributed by atoms with Crippen molar-refractivity contribution in [3.05, 3.63) is 48.2 Å². The third-order valence-corrected chi connectivity index (χ3v) is 4.29. The summed E-state index contributed by atoms with van der Waals surface area (Å²) in [5.41, 5.74) is 8.83. The number of nitrogens with two attached hydrogens (primary N) is 1. The van der Waals surface area contributed by atoms with Gasteiger partial charge in [0.05, 0.1) is 0 Å². The van der Waals surface area contributed by atoms with E-state index in [2.05, 4.69) is 36.7 Å². The van der Waals surface area contributed by atoms with E-state index < -0.39 is 0 Å². The van der Waals surface area contributed by atoms with Crippen molar-refractivity contribution in [2.24, 2.45) is 5.73 Å². The van der Waals surface area contributed by atoms with Crippen LogP contribution >= 0.6 is 0 Å². The maximum atomic E-state index is 12.3. The monoisotopic (exact) mass is 408 g/mol. The van der Waals surface area contributed by atoms with Gasteiger partial charge in [-0.05, 0) is 45.0 Å². The van der Waals surface area contributed by atoms with Gasteiger partial charge in [-0.2, -0.15) is 0 Å². The molecular formula is C22H28N6O2. The van der Waals surface area contributed by atoms with Crippen molar-refractivity contribution < 1.29 is 9.59 Å². The lowest BCUT2D eigenvalue weighted by Gasteiger charge is -2.22. The van der Waals surface area contributed by atoms with Gasteiger partial charge in [-0.15, -0.1) is 0 Å². The Morgan fingerprint density at radius 1 is 1.13 bits per heavy atom. The van der Waals surface area contributed by atoms with Gasteiger partial charge in [-0.1, -0.05) is 12.1 Å². The van der Waals surface area contributed by atoms with Crippen LogP contribution < -0.4 is 21.7 Å². The number of benzene rings is 1. The summed E-state index contributed by atoms with van der Waals surface area (Å²) in [6, 6.07) is 11.0. The molecule has 8 heteroatoms. The molecule has 0 aliphatic heterocycles. The van der Waals surface area contributed by atoms with E-state index in [1.165, 1.54) is 6.92 Å². The van der Waals surface area contributed by atoms with E-state index in [1.54, 1.807) is 12.1 Å². The van der Waals surface area contributed by atoms with E-state index in [1.807, 2.05) is 34.9 Å². The maximum absolute atomic E-state index is 12.3. The van der Waals surface area contributed by atoms with Crippen molar-refractivity contribution in [3.8, 4) is 11.3 Å². The molecule has 2 aromatic heterocycles. The standard InChI is InChI=1S/C22H28N6O2/c1-14(29)25-17-7-5-15(6-8-17)19-20(27-22(2,3)4)28-12-9-16(13-18(28)26-19)21(30)24-11-10-23/h5-9,12-13,27H,10-11,23H2,1-4H3,(H,24,30)(H,25,29). The number of nitrogens with zero attached hydrogens (tertiary/aromatic N) is 2. The average Bonchev–Trinajstić information content (AvgIpc) is 3.02. The van der Waals surface area contributed by atoms with Crippen LogP contribution in [0.1, 0.15) is 38.1 Å². The van der Waals surface area contributed by atoms with E-state index >= 15 is 0 Å². The molecule has 0 aliphatic carbocycles. The Kier molecular flexibility index (Phi) is 6.07. The number of nitrogens with one attached hydrogen (secondary N) is 3. The van der Waals surface area contributed by atoms with Gasteiger partial charge in [0.15, 0.2) is 0 Å². The molecule has 1 aromatic carbocycles. The van der Waals surface area contributed by atoms with Gasteiger partial charge < -0.3 is 21.7 Å². The van der Waals surface area contributed by atoms with E-state index in [9.17, 15) is 9.59 Å². The first-order chi connectivity index (χ1) is 14.2. The number of fused-ring (bicyclic) bond motifs is 1. The van der Waals surface area contributed by atoms with Gasteiger partial charge in [0, 0.05) is 48.6 Å². The number of pyridine rings is 1. The Labute approximate surface area is 175 Å². The molecule has 2 heterocycles. The molecule has 5 N–H and O–H groups in total. The second-order valence-electron chi connectivity index (χ2n) is 8.13. The summed E-state index contributed by atoms with van der Waals surface area (Å²) in [6.07, 6.45) is 1.84. The first-order valence-corrected chi connectivity index (χ1v) is 9.84. The minimum Gasteiger partial charge on any atom is -0.365 e. The summed E-state index contributed by atoms with van der Waals surface area (Å²) in [4.78, 5) is 28.4. The molecule has 0 saturated carbocycles. The normalized spacial score (nSPS) is 11.4. The van der Waals surface area contributed by atoms with Gasteiger partial charge in [-0.25, -0.2) is 4.98 Å². The highest BCUT2D eigenvalue weighted by Crippen LogP contribution is 2.31. The first-order valence-electron chi connectivity index (χ1n) is 9.84. The van der Waals surface area contributed by atoms with Gasteiger partial charge in [0.2, 0.25) is 5.91 Å². The van der Waals surface area contributed by atoms with Crippen LogP contribution in [-0.4, -0.2) is 39.8 Å². The van der Waals surface area contributed by atoms with Crippen LogP contribution in [0.25, 0.3) is 16.9 Å². The van der Waals surface area contributed by atoms with E-state index in [4.69, 9.17) is 10.7 Å². The van der Waals surface area contributed by atoms with Gasteiger partial charge in [-0.3, -0.25) is 14.0 Å². The summed E-state index contributed by atoms with van der Waals surface area (Å²) in [5.74, 6) is 0.530. The van der Waals surface area contributed by atoms with E-state index in [0.29, 0.717) is 24.3 Å². The average molecular weight is 409 g/mol. The predicted molar refractivity (Wildman–Crippen MR) is 120 cm³/mol. The number of aromatic nitrogens is 2. The Bertz CT molecular complexity index is 1060. The number of carbonyl (C=O) groups excluding carboxylic acids is 2. The van der Waals surface area contributed by atoms with Crippen LogP contribution in [0.3, 0.4) is 0 Å². The van der Waals surface area contributed by atoms with Crippen molar-refractivity contribution >= 4 is 29.0 Å². The van der Waals surface area contributed by atoms with Gasteiger partial charge in [0.1, 0.15) is 17.2 Å². The molecule has 158 valence electrons. The Morgan fingerprint density at radius 2 is 1.83 bits per heavy atom. The summed E-state index contributed by atoms with van der Waals surface area (Å²) in [5, 5.41) is 9.06. The molecular weight excluding hydrogens is 380 g/mol. The SMILES string of the molecule is CC(=O)Nc1ccc(-c2nc3cc(C(=O)NCCN)ccn3c2NC(C)(C)C)cc1. The fourth-order valence-electron chi connectivity index (χ4n) is 3.06. The van der Waals surface area contributed by atoms with Crippen LogP contribution in [0, 0.1) is 0 Å². The molecule has 0 atom stereocenters. The number of carbonyl (C=O) groups is 2. The van der Waals surface area contributed by atoms with E-state index in [0.717, 1.165) is 22.8 Å². The molecule has 30 heavy (non-hydrogen) atoms. The fourth-order valence-corrected chi connectivity index (χ4v) is 3.06. The van der Waals surface area contributed by atoms with Crippen molar-refractivity contribution in [1.82, 2.24) is 14.7 Å². The highest BCUT2D eigenvalue weighted by atomic mass is 16.2. The zero-order valence-electron chi connectivity index (χ0n) is 17.7. The topological polar surface area (TPSA) is 114 Å². The Balaban J connectivity index is 2.06. The second-order valence-corrected chi connectivity index (χ2v) is 8.13. The van der Waals surface area contributed by atoms with Gasteiger partial charge in [0.25, 0.3) is 5.91 Å². The number of anilines is 2. The highest BCUT2D eigenvalue weighted by Gasteiger charge is 2.20. The minimum absolute atomic E-state index is 0.119. The molecule has 0 aliphatic rings. The van der Waals surface area contributed by atoms with Crippen molar-refractivity contribution in [3.63, 3.8) is 0 Å². The van der Waals surface area contributed by atoms with Crippen molar-refractivity contribution in [2.75, 3.05) is 23.7 Å². The summed E-state index contributed by atoms with van der Waals surface area (Å²) >= 11 is 0. The maximum Gasteiger partial charge on any atom is 0.251 e. The first kappa shape index (κ1) is 21.3.